The molecule has 1 fully saturated rings. The van der Waals surface area contributed by atoms with Crippen LogP contribution in [0.25, 0.3) is 0 Å². The molecule has 1 saturated heterocycles. The van der Waals surface area contributed by atoms with Crippen molar-refractivity contribution < 1.29 is 9.90 Å². The van der Waals surface area contributed by atoms with E-state index < -0.39 is 5.97 Å². The molecule has 1 atom stereocenters. The fraction of sp³-hybridized carbons (Fsp3) is 0.500. The van der Waals surface area contributed by atoms with Crippen LogP contribution in [0, 0.1) is 5.41 Å². The minimum atomic E-state index is -0.870. The highest BCUT2D eigenvalue weighted by atomic mass is 16.4. The fourth-order valence-corrected chi connectivity index (χ4v) is 3.36. The topological polar surface area (TPSA) is 40.5 Å². The maximum Gasteiger partial charge on any atom is 0.335 e. The monoisotopic (exact) mass is 287 g/mol. The first kappa shape index (κ1) is 15.8. The van der Waals surface area contributed by atoms with Crippen molar-refractivity contribution in [3.63, 3.8) is 0 Å². The quantitative estimate of drug-likeness (QED) is 0.834. The van der Waals surface area contributed by atoms with E-state index in [0.717, 1.165) is 19.5 Å². The predicted molar refractivity (Wildman–Crippen MR) is 85.4 cm³/mol. The van der Waals surface area contributed by atoms with Crippen LogP contribution in [0.3, 0.4) is 0 Å². The number of hydrogen-bond donors (Lipinski definition) is 1. The van der Waals surface area contributed by atoms with Gasteiger partial charge in [0.05, 0.1) is 5.56 Å². The third-order valence-electron chi connectivity index (χ3n) is 4.59. The number of carbonyl (C=O) groups is 1. The minimum Gasteiger partial charge on any atom is -0.478 e. The Labute approximate surface area is 127 Å². The number of carboxylic acid groups (broad SMARTS) is 1. The van der Waals surface area contributed by atoms with Crippen molar-refractivity contribution in [3.8, 4) is 0 Å². The number of benzene rings is 1. The summed E-state index contributed by atoms with van der Waals surface area (Å²) in [5.41, 5.74) is 1.82. The van der Waals surface area contributed by atoms with Crippen LogP contribution < -0.4 is 0 Å². The van der Waals surface area contributed by atoms with Gasteiger partial charge in [0.1, 0.15) is 0 Å². The Bertz CT molecular complexity index is 504. The molecule has 0 amide bonds. The zero-order valence-corrected chi connectivity index (χ0v) is 13.0. The lowest BCUT2D eigenvalue weighted by Crippen LogP contribution is -2.49. The maximum absolute atomic E-state index is 10.9. The fourth-order valence-electron chi connectivity index (χ4n) is 3.36. The van der Waals surface area contributed by atoms with Crippen LogP contribution in [0.15, 0.2) is 36.9 Å². The number of piperidine rings is 1. The average molecular weight is 287 g/mol. The highest BCUT2D eigenvalue weighted by molar-refractivity contribution is 5.87. The van der Waals surface area contributed by atoms with E-state index in [-0.39, 0.29) is 0 Å². The van der Waals surface area contributed by atoms with Crippen molar-refractivity contribution in [2.24, 2.45) is 5.41 Å². The number of nitrogens with zero attached hydrogens (tertiary/aromatic N) is 1. The molecule has 114 valence electrons. The molecule has 21 heavy (non-hydrogen) atoms. The Balaban J connectivity index is 2.12. The Morgan fingerprint density at radius 1 is 1.43 bits per heavy atom. The predicted octanol–water partition coefficient (Wildman–Crippen LogP) is 3.95. The van der Waals surface area contributed by atoms with Gasteiger partial charge in [-0.2, -0.15) is 0 Å². The van der Waals surface area contributed by atoms with E-state index in [9.17, 15) is 4.79 Å². The van der Waals surface area contributed by atoms with E-state index in [1.807, 2.05) is 18.2 Å². The summed E-state index contributed by atoms with van der Waals surface area (Å²) < 4.78 is 0. The summed E-state index contributed by atoms with van der Waals surface area (Å²) in [5.74, 6) is -0.870. The molecule has 1 unspecified atom stereocenters. The van der Waals surface area contributed by atoms with E-state index >= 15 is 0 Å². The molecule has 0 radical (unpaired) electrons. The van der Waals surface area contributed by atoms with Gasteiger partial charge < -0.3 is 5.11 Å². The second-order valence-electron chi connectivity index (χ2n) is 6.60. The third-order valence-corrected chi connectivity index (χ3v) is 4.59. The van der Waals surface area contributed by atoms with Crippen LogP contribution >= 0.6 is 0 Å². The summed E-state index contributed by atoms with van der Waals surface area (Å²) in [6.45, 7) is 10.5. The molecule has 1 aromatic carbocycles. The first-order valence-electron chi connectivity index (χ1n) is 7.61. The summed E-state index contributed by atoms with van der Waals surface area (Å²) in [5, 5.41) is 8.96. The van der Waals surface area contributed by atoms with Gasteiger partial charge in [0, 0.05) is 12.6 Å². The van der Waals surface area contributed by atoms with Gasteiger partial charge in [-0.15, -0.1) is 6.58 Å². The van der Waals surface area contributed by atoms with Gasteiger partial charge in [0.15, 0.2) is 0 Å². The Kier molecular flexibility index (Phi) is 4.84. The summed E-state index contributed by atoms with van der Waals surface area (Å²) in [6, 6.07) is 7.74. The minimum absolute atomic E-state index is 0.299. The second-order valence-corrected chi connectivity index (χ2v) is 6.60. The van der Waals surface area contributed by atoms with Gasteiger partial charge in [-0.3, -0.25) is 4.90 Å². The zero-order valence-electron chi connectivity index (χ0n) is 13.0. The van der Waals surface area contributed by atoms with Crippen molar-refractivity contribution in [1.29, 1.82) is 0 Å². The number of aromatic carboxylic acids is 1. The zero-order chi connectivity index (χ0) is 15.5. The van der Waals surface area contributed by atoms with Gasteiger partial charge in [-0.25, -0.2) is 4.79 Å². The van der Waals surface area contributed by atoms with Gasteiger partial charge in [0.2, 0.25) is 0 Å². The molecular weight excluding hydrogens is 262 g/mol. The number of hydrogen-bond acceptors (Lipinski definition) is 2. The van der Waals surface area contributed by atoms with E-state index in [1.165, 1.54) is 18.4 Å². The van der Waals surface area contributed by atoms with E-state index in [0.29, 0.717) is 17.0 Å². The van der Waals surface area contributed by atoms with Crippen molar-refractivity contribution in [3.05, 3.63) is 48.0 Å². The number of rotatable bonds is 5. The van der Waals surface area contributed by atoms with Gasteiger partial charge >= 0.3 is 5.97 Å². The molecule has 1 heterocycles. The average Bonchev–Trinajstić information content (AvgIpc) is 2.43. The Hall–Kier alpha value is -1.61. The summed E-state index contributed by atoms with van der Waals surface area (Å²) >= 11 is 0. The van der Waals surface area contributed by atoms with Crippen molar-refractivity contribution in [1.82, 2.24) is 4.90 Å². The highest BCUT2D eigenvalue weighted by Crippen LogP contribution is 2.37. The molecule has 0 spiro atoms. The van der Waals surface area contributed by atoms with E-state index in [1.54, 1.807) is 12.1 Å². The Morgan fingerprint density at radius 3 is 2.67 bits per heavy atom. The molecular formula is C18H25NO2. The normalized spacial score (nSPS) is 21.9. The third kappa shape index (κ3) is 3.73. The lowest BCUT2D eigenvalue weighted by molar-refractivity contribution is 0.0333. The van der Waals surface area contributed by atoms with Crippen LogP contribution in [0.1, 0.15) is 49.0 Å². The smallest absolute Gasteiger partial charge is 0.335 e. The molecule has 1 N–H and O–H groups in total. The van der Waals surface area contributed by atoms with Crippen LogP contribution in [0.5, 0.6) is 0 Å². The second kappa shape index (κ2) is 6.44. The first-order chi connectivity index (χ1) is 9.94. The van der Waals surface area contributed by atoms with Crippen molar-refractivity contribution >= 4 is 5.97 Å². The van der Waals surface area contributed by atoms with Gasteiger partial charge in [0.25, 0.3) is 0 Å². The summed E-state index contributed by atoms with van der Waals surface area (Å²) in [4.78, 5) is 13.4. The summed E-state index contributed by atoms with van der Waals surface area (Å²) in [7, 11) is 0. The molecule has 0 bridgehead atoms. The van der Waals surface area contributed by atoms with Crippen molar-refractivity contribution in [2.45, 2.75) is 45.7 Å². The van der Waals surface area contributed by atoms with Gasteiger partial charge in [-0.05, 0) is 48.9 Å². The molecule has 0 aromatic heterocycles. The van der Waals surface area contributed by atoms with E-state index in [4.69, 9.17) is 5.11 Å². The molecule has 2 rings (SSSR count). The summed E-state index contributed by atoms with van der Waals surface area (Å²) in [6.07, 6.45) is 5.48. The maximum atomic E-state index is 10.9. The van der Waals surface area contributed by atoms with Crippen LogP contribution in [0.2, 0.25) is 0 Å². The van der Waals surface area contributed by atoms with Crippen molar-refractivity contribution in [2.75, 3.05) is 6.54 Å². The standard InChI is InChI=1S/C18H25NO2/c1-4-6-16-18(2,3)11-5-12-19(16)13-14-7-9-15(10-8-14)17(20)21/h4,7-10,16H,1,5-6,11-13H2,2-3H3,(H,20,21). The van der Waals surface area contributed by atoms with Gasteiger partial charge in [-0.1, -0.05) is 32.1 Å². The molecule has 1 aliphatic heterocycles. The molecule has 3 nitrogen and oxygen atoms in total. The molecule has 0 saturated carbocycles. The van der Waals surface area contributed by atoms with Crippen LogP contribution in [-0.4, -0.2) is 28.6 Å². The highest BCUT2D eigenvalue weighted by Gasteiger charge is 2.36. The Morgan fingerprint density at radius 2 is 2.10 bits per heavy atom. The SMILES string of the molecule is C=CCC1N(Cc2ccc(C(=O)O)cc2)CCCC1(C)C. The number of carboxylic acids is 1. The largest absolute Gasteiger partial charge is 0.478 e. The lowest BCUT2D eigenvalue weighted by Gasteiger charge is -2.46. The molecule has 3 heteroatoms. The van der Waals surface area contributed by atoms with E-state index in [2.05, 4.69) is 25.3 Å². The van der Waals surface area contributed by atoms with Crippen LogP contribution in [-0.2, 0) is 6.54 Å². The molecule has 1 aromatic rings. The first-order valence-corrected chi connectivity index (χ1v) is 7.61. The lowest BCUT2D eigenvalue weighted by atomic mass is 9.75. The van der Waals surface area contributed by atoms with Crippen LogP contribution in [0.4, 0.5) is 0 Å². The molecule has 0 aliphatic carbocycles. The number of likely N-dealkylation sites (tertiary alicyclic amines) is 1. The molecule has 1 aliphatic rings.